The molecule has 1 atom stereocenters. The van der Waals surface area contributed by atoms with E-state index in [1.165, 1.54) is 19.3 Å². The van der Waals surface area contributed by atoms with Crippen molar-refractivity contribution in [3.8, 4) is 0 Å². The van der Waals surface area contributed by atoms with Crippen molar-refractivity contribution >= 4 is 0 Å². The van der Waals surface area contributed by atoms with Gasteiger partial charge in [0.05, 0.1) is 0 Å². The Morgan fingerprint density at radius 1 is 1.07 bits per heavy atom. The minimum absolute atomic E-state index is 0.758. The summed E-state index contributed by atoms with van der Waals surface area (Å²) in [6.07, 6.45) is 3.63. The maximum atomic E-state index is 5.63. The van der Waals surface area contributed by atoms with Crippen LogP contribution in [0.2, 0.25) is 0 Å². The third kappa shape index (κ3) is 10.2. The first-order valence-corrected chi connectivity index (χ1v) is 6.49. The highest BCUT2D eigenvalue weighted by atomic mass is 16.5. The highest BCUT2D eigenvalue weighted by Gasteiger charge is 2.05. The smallest absolute Gasteiger partial charge is 0.0469 e. The molecule has 0 aromatic heterocycles. The lowest BCUT2D eigenvalue weighted by Gasteiger charge is -2.15. The second kappa shape index (κ2) is 10.4. The molecule has 92 valence electrons. The van der Waals surface area contributed by atoms with Crippen molar-refractivity contribution in [3.05, 3.63) is 0 Å². The average Bonchev–Trinajstić information content (AvgIpc) is 2.21. The van der Waals surface area contributed by atoms with Crippen LogP contribution in [0.1, 0.15) is 47.0 Å². The van der Waals surface area contributed by atoms with Crippen LogP contribution in [0.25, 0.3) is 0 Å². The zero-order valence-electron chi connectivity index (χ0n) is 11.0. The molecule has 0 aliphatic heterocycles. The molecule has 0 aliphatic carbocycles. The SMILES string of the molecule is CCNCC(CC)CCOCCC(C)C. The standard InChI is InChI=1S/C13H29NO/c1-5-13(11-14-6-2)8-10-15-9-7-12(3)4/h12-14H,5-11H2,1-4H3. The molecule has 0 saturated carbocycles. The van der Waals surface area contributed by atoms with Gasteiger partial charge in [-0.05, 0) is 37.8 Å². The molecule has 15 heavy (non-hydrogen) atoms. The molecule has 2 nitrogen and oxygen atoms in total. The maximum Gasteiger partial charge on any atom is 0.0469 e. The van der Waals surface area contributed by atoms with Crippen molar-refractivity contribution in [2.24, 2.45) is 11.8 Å². The molecule has 0 aliphatic rings. The first-order chi connectivity index (χ1) is 7.20. The van der Waals surface area contributed by atoms with Crippen LogP contribution in [0.15, 0.2) is 0 Å². The molecule has 2 heteroatoms. The van der Waals surface area contributed by atoms with Crippen LogP contribution in [0, 0.1) is 11.8 Å². The highest BCUT2D eigenvalue weighted by Crippen LogP contribution is 2.07. The second-order valence-corrected chi connectivity index (χ2v) is 4.67. The second-order valence-electron chi connectivity index (χ2n) is 4.67. The normalized spacial score (nSPS) is 13.4. The van der Waals surface area contributed by atoms with Crippen LogP contribution in [0.3, 0.4) is 0 Å². The molecule has 0 aromatic carbocycles. The number of hydrogen-bond acceptors (Lipinski definition) is 2. The Balaban J connectivity index is 3.30. The summed E-state index contributed by atoms with van der Waals surface area (Å²) in [7, 11) is 0. The van der Waals surface area contributed by atoms with E-state index >= 15 is 0 Å². The van der Waals surface area contributed by atoms with Crippen LogP contribution in [0.4, 0.5) is 0 Å². The molecule has 1 unspecified atom stereocenters. The lowest BCUT2D eigenvalue weighted by molar-refractivity contribution is 0.110. The van der Waals surface area contributed by atoms with Gasteiger partial charge in [0.1, 0.15) is 0 Å². The lowest BCUT2D eigenvalue weighted by atomic mass is 10.0. The summed E-state index contributed by atoms with van der Waals surface area (Å²) in [4.78, 5) is 0. The number of rotatable bonds is 10. The van der Waals surface area contributed by atoms with E-state index < -0.39 is 0 Å². The highest BCUT2D eigenvalue weighted by molar-refractivity contribution is 4.59. The Labute approximate surface area is 95.8 Å². The first-order valence-electron chi connectivity index (χ1n) is 6.49. The summed E-state index contributed by atoms with van der Waals surface area (Å²) in [5.74, 6) is 1.54. The summed E-state index contributed by atoms with van der Waals surface area (Å²) >= 11 is 0. The maximum absolute atomic E-state index is 5.63. The Bertz CT molecular complexity index is 126. The minimum Gasteiger partial charge on any atom is -0.381 e. The molecular formula is C13H29NO. The zero-order valence-corrected chi connectivity index (χ0v) is 11.0. The van der Waals surface area contributed by atoms with E-state index in [0.717, 1.165) is 38.1 Å². The van der Waals surface area contributed by atoms with Gasteiger partial charge >= 0.3 is 0 Å². The van der Waals surface area contributed by atoms with Gasteiger partial charge in [0.2, 0.25) is 0 Å². The summed E-state index contributed by atoms with van der Waals surface area (Å²) < 4.78 is 5.63. The summed E-state index contributed by atoms with van der Waals surface area (Å²) in [6, 6.07) is 0. The molecule has 0 amide bonds. The van der Waals surface area contributed by atoms with Crippen molar-refractivity contribution in [2.75, 3.05) is 26.3 Å². The topological polar surface area (TPSA) is 21.3 Å². The number of nitrogens with one attached hydrogen (secondary N) is 1. The van der Waals surface area contributed by atoms with Gasteiger partial charge in [0.15, 0.2) is 0 Å². The number of ether oxygens (including phenoxy) is 1. The van der Waals surface area contributed by atoms with Crippen molar-refractivity contribution in [1.29, 1.82) is 0 Å². The molecule has 0 fully saturated rings. The van der Waals surface area contributed by atoms with E-state index in [1.807, 2.05) is 0 Å². The lowest BCUT2D eigenvalue weighted by Crippen LogP contribution is -2.23. The molecular weight excluding hydrogens is 186 g/mol. The molecule has 0 aromatic rings. The van der Waals surface area contributed by atoms with Crippen LogP contribution < -0.4 is 5.32 Å². The Kier molecular flexibility index (Phi) is 10.4. The quantitative estimate of drug-likeness (QED) is 0.565. The van der Waals surface area contributed by atoms with Crippen molar-refractivity contribution in [2.45, 2.75) is 47.0 Å². The summed E-state index contributed by atoms with van der Waals surface area (Å²) in [5.41, 5.74) is 0. The zero-order chi connectivity index (χ0) is 11.5. The molecule has 0 radical (unpaired) electrons. The Morgan fingerprint density at radius 2 is 1.73 bits per heavy atom. The van der Waals surface area contributed by atoms with Crippen LogP contribution in [0.5, 0.6) is 0 Å². The third-order valence-corrected chi connectivity index (χ3v) is 2.77. The van der Waals surface area contributed by atoms with E-state index in [2.05, 4.69) is 33.0 Å². The molecule has 0 heterocycles. The van der Waals surface area contributed by atoms with E-state index in [4.69, 9.17) is 4.74 Å². The monoisotopic (exact) mass is 215 g/mol. The average molecular weight is 215 g/mol. The summed E-state index contributed by atoms with van der Waals surface area (Å²) in [5, 5.41) is 3.40. The van der Waals surface area contributed by atoms with Crippen LogP contribution in [-0.4, -0.2) is 26.3 Å². The van der Waals surface area contributed by atoms with Gasteiger partial charge in [-0.3, -0.25) is 0 Å². The van der Waals surface area contributed by atoms with Gasteiger partial charge in [-0.2, -0.15) is 0 Å². The summed E-state index contributed by atoms with van der Waals surface area (Å²) in [6.45, 7) is 13.0. The largest absolute Gasteiger partial charge is 0.381 e. The van der Waals surface area contributed by atoms with Gasteiger partial charge in [0, 0.05) is 13.2 Å². The predicted octanol–water partition coefficient (Wildman–Crippen LogP) is 3.07. The van der Waals surface area contributed by atoms with Gasteiger partial charge in [-0.15, -0.1) is 0 Å². The molecule has 0 spiro atoms. The minimum atomic E-state index is 0.758. The van der Waals surface area contributed by atoms with Crippen molar-refractivity contribution in [1.82, 2.24) is 5.32 Å². The molecule has 1 N–H and O–H groups in total. The fraction of sp³-hybridized carbons (Fsp3) is 1.00. The van der Waals surface area contributed by atoms with Crippen molar-refractivity contribution < 1.29 is 4.74 Å². The molecule has 0 rings (SSSR count). The van der Waals surface area contributed by atoms with E-state index in [-0.39, 0.29) is 0 Å². The van der Waals surface area contributed by atoms with Gasteiger partial charge in [-0.1, -0.05) is 34.1 Å². The molecule has 0 saturated heterocycles. The van der Waals surface area contributed by atoms with Crippen LogP contribution in [-0.2, 0) is 4.74 Å². The van der Waals surface area contributed by atoms with E-state index in [1.54, 1.807) is 0 Å². The van der Waals surface area contributed by atoms with Gasteiger partial charge < -0.3 is 10.1 Å². The Morgan fingerprint density at radius 3 is 2.27 bits per heavy atom. The fourth-order valence-corrected chi connectivity index (χ4v) is 1.47. The van der Waals surface area contributed by atoms with Gasteiger partial charge in [-0.25, -0.2) is 0 Å². The number of hydrogen-bond donors (Lipinski definition) is 1. The first kappa shape index (κ1) is 14.9. The predicted molar refractivity (Wildman–Crippen MR) is 67.2 cm³/mol. The van der Waals surface area contributed by atoms with Crippen molar-refractivity contribution in [3.63, 3.8) is 0 Å². The fourth-order valence-electron chi connectivity index (χ4n) is 1.47. The van der Waals surface area contributed by atoms with E-state index in [0.29, 0.717) is 0 Å². The van der Waals surface area contributed by atoms with E-state index in [9.17, 15) is 0 Å². The Hall–Kier alpha value is -0.0800. The third-order valence-electron chi connectivity index (χ3n) is 2.77. The molecule has 0 bridgehead atoms. The van der Waals surface area contributed by atoms with Crippen LogP contribution >= 0.6 is 0 Å². The van der Waals surface area contributed by atoms with Gasteiger partial charge in [0.25, 0.3) is 0 Å².